The molecule has 0 aromatic carbocycles. The Bertz CT molecular complexity index is 307. The van der Waals surface area contributed by atoms with Crippen LogP contribution in [-0.4, -0.2) is 9.78 Å². The van der Waals surface area contributed by atoms with Crippen LogP contribution in [0.1, 0.15) is 64.9 Å². The van der Waals surface area contributed by atoms with Gasteiger partial charge in [0.2, 0.25) is 0 Å². The average Bonchev–Trinajstić information content (AvgIpc) is 2.61. The van der Waals surface area contributed by atoms with Gasteiger partial charge in [-0.3, -0.25) is 4.68 Å². The molecule has 0 atom stereocenters. The van der Waals surface area contributed by atoms with Crippen molar-refractivity contribution in [2.75, 3.05) is 0 Å². The quantitative estimate of drug-likeness (QED) is 0.634. The van der Waals surface area contributed by atoms with Crippen LogP contribution in [0.5, 0.6) is 0 Å². The Kier molecular flexibility index (Phi) is 5.73. The number of hydrogen-bond donors (Lipinski definition) is 0. The topological polar surface area (TPSA) is 17.8 Å². The van der Waals surface area contributed by atoms with Gasteiger partial charge in [0, 0.05) is 12.7 Å². The fraction of sp³-hybridized carbons (Fsp3) is 0.800. The van der Waals surface area contributed by atoms with E-state index in [0.29, 0.717) is 5.41 Å². The van der Waals surface area contributed by atoms with Crippen LogP contribution in [0.25, 0.3) is 0 Å². The minimum absolute atomic E-state index is 0.507. The van der Waals surface area contributed by atoms with Gasteiger partial charge in [-0.2, -0.15) is 5.10 Å². The van der Waals surface area contributed by atoms with E-state index < -0.39 is 0 Å². The number of nitrogens with zero attached hydrogens (tertiary/aromatic N) is 2. The summed E-state index contributed by atoms with van der Waals surface area (Å²) in [6.07, 6.45) is 12.1. The van der Waals surface area contributed by atoms with Gasteiger partial charge >= 0.3 is 0 Å². The molecule has 0 spiro atoms. The molecular weight excluding hydrogens is 208 g/mol. The third kappa shape index (κ3) is 7.19. The summed E-state index contributed by atoms with van der Waals surface area (Å²) in [7, 11) is 0. The first kappa shape index (κ1) is 14.3. The lowest BCUT2D eigenvalue weighted by Crippen LogP contribution is -2.04. The number of hydrogen-bond acceptors (Lipinski definition) is 1. The molecule has 1 aromatic heterocycles. The molecule has 0 aliphatic carbocycles. The molecule has 2 heteroatoms. The van der Waals surface area contributed by atoms with Crippen molar-refractivity contribution >= 4 is 0 Å². The van der Waals surface area contributed by atoms with Gasteiger partial charge in [0.1, 0.15) is 0 Å². The van der Waals surface area contributed by atoms with Crippen LogP contribution < -0.4 is 0 Å². The maximum absolute atomic E-state index is 4.30. The Hall–Kier alpha value is -0.790. The largest absolute Gasteiger partial charge is 0.272 e. The lowest BCUT2D eigenvalue weighted by molar-refractivity contribution is 0.356. The summed E-state index contributed by atoms with van der Waals surface area (Å²) < 4.78 is 2.06. The first-order valence-corrected chi connectivity index (χ1v) is 6.96. The number of aryl methyl sites for hydroxylation is 2. The normalized spacial score (nSPS) is 12.0. The van der Waals surface area contributed by atoms with E-state index in [4.69, 9.17) is 0 Å². The van der Waals surface area contributed by atoms with Crippen LogP contribution in [0.4, 0.5) is 0 Å². The summed E-state index contributed by atoms with van der Waals surface area (Å²) in [5, 5.41) is 4.30. The average molecular weight is 236 g/mol. The second kappa shape index (κ2) is 6.83. The van der Waals surface area contributed by atoms with E-state index in [-0.39, 0.29) is 0 Å². The molecule has 0 radical (unpaired) electrons. The van der Waals surface area contributed by atoms with Crippen LogP contribution in [0.15, 0.2) is 12.4 Å². The monoisotopic (exact) mass is 236 g/mol. The van der Waals surface area contributed by atoms with E-state index in [1.165, 1.54) is 44.1 Å². The highest BCUT2D eigenvalue weighted by atomic mass is 15.3. The maximum atomic E-state index is 4.30. The third-order valence-corrected chi connectivity index (χ3v) is 3.08. The number of rotatable bonds is 7. The van der Waals surface area contributed by atoms with Gasteiger partial charge < -0.3 is 0 Å². The molecule has 1 heterocycles. The second-order valence-electron chi connectivity index (χ2n) is 6.36. The standard InChI is InChI=1S/C15H28N2/c1-14-12-16-17(13-14)11-9-7-5-6-8-10-15(2,3)4/h12-13H,5-11H2,1-4H3. The van der Waals surface area contributed by atoms with Crippen molar-refractivity contribution in [1.29, 1.82) is 0 Å². The van der Waals surface area contributed by atoms with Crippen LogP contribution in [0.3, 0.4) is 0 Å². The van der Waals surface area contributed by atoms with E-state index in [9.17, 15) is 0 Å². The molecule has 0 saturated heterocycles. The van der Waals surface area contributed by atoms with Gasteiger partial charge in [-0.15, -0.1) is 0 Å². The lowest BCUT2D eigenvalue weighted by atomic mass is 9.89. The van der Waals surface area contributed by atoms with Crippen LogP contribution in [0, 0.1) is 12.3 Å². The number of aromatic nitrogens is 2. The molecule has 98 valence electrons. The van der Waals surface area contributed by atoms with Gasteiger partial charge in [0.05, 0.1) is 6.20 Å². The maximum Gasteiger partial charge on any atom is 0.0518 e. The van der Waals surface area contributed by atoms with Gasteiger partial charge in [-0.05, 0) is 30.7 Å². The highest BCUT2D eigenvalue weighted by Crippen LogP contribution is 2.22. The van der Waals surface area contributed by atoms with Crippen molar-refractivity contribution in [3.8, 4) is 0 Å². The Morgan fingerprint density at radius 1 is 1.06 bits per heavy atom. The first-order chi connectivity index (χ1) is 7.97. The summed E-state index contributed by atoms with van der Waals surface area (Å²) in [5.74, 6) is 0. The second-order valence-corrected chi connectivity index (χ2v) is 6.36. The molecule has 0 amide bonds. The summed E-state index contributed by atoms with van der Waals surface area (Å²) in [5.41, 5.74) is 1.77. The molecule has 0 N–H and O–H groups in total. The molecule has 1 aromatic rings. The van der Waals surface area contributed by atoms with Crippen molar-refractivity contribution in [1.82, 2.24) is 9.78 Å². The zero-order valence-electron chi connectivity index (χ0n) is 12.0. The summed E-state index contributed by atoms with van der Waals surface area (Å²) in [6, 6.07) is 0. The SMILES string of the molecule is Cc1cnn(CCCCCCCC(C)(C)C)c1. The Morgan fingerprint density at radius 3 is 2.29 bits per heavy atom. The predicted octanol–water partition coefficient (Wildman–Crippen LogP) is 4.58. The Balaban J connectivity index is 1.95. The van der Waals surface area contributed by atoms with Crippen molar-refractivity contribution in [3.63, 3.8) is 0 Å². The molecule has 0 fully saturated rings. The summed E-state index contributed by atoms with van der Waals surface area (Å²) in [6.45, 7) is 10.1. The molecule has 0 aliphatic rings. The van der Waals surface area contributed by atoms with Crippen molar-refractivity contribution in [3.05, 3.63) is 18.0 Å². The minimum Gasteiger partial charge on any atom is -0.272 e. The minimum atomic E-state index is 0.507. The Labute approximate surface area is 106 Å². The molecule has 0 saturated carbocycles. The highest BCUT2D eigenvalue weighted by molar-refractivity contribution is 4.99. The Morgan fingerprint density at radius 2 is 1.71 bits per heavy atom. The molecular formula is C15H28N2. The van der Waals surface area contributed by atoms with E-state index in [1.807, 2.05) is 6.20 Å². The highest BCUT2D eigenvalue weighted by Gasteiger charge is 2.08. The first-order valence-electron chi connectivity index (χ1n) is 6.96. The summed E-state index contributed by atoms with van der Waals surface area (Å²) >= 11 is 0. The summed E-state index contributed by atoms with van der Waals surface area (Å²) in [4.78, 5) is 0. The van der Waals surface area contributed by atoms with Gasteiger partial charge in [0.15, 0.2) is 0 Å². The van der Waals surface area contributed by atoms with Gasteiger partial charge in [0.25, 0.3) is 0 Å². The number of unbranched alkanes of at least 4 members (excludes halogenated alkanes) is 4. The predicted molar refractivity (Wildman–Crippen MR) is 74.1 cm³/mol. The van der Waals surface area contributed by atoms with E-state index in [0.717, 1.165) is 6.54 Å². The van der Waals surface area contributed by atoms with E-state index in [1.54, 1.807) is 0 Å². The molecule has 0 bridgehead atoms. The van der Waals surface area contributed by atoms with Crippen LogP contribution in [0.2, 0.25) is 0 Å². The zero-order valence-corrected chi connectivity index (χ0v) is 12.0. The van der Waals surface area contributed by atoms with E-state index >= 15 is 0 Å². The van der Waals surface area contributed by atoms with Crippen LogP contribution in [-0.2, 0) is 6.54 Å². The molecule has 0 unspecified atom stereocenters. The lowest BCUT2D eigenvalue weighted by Gasteiger charge is -2.17. The van der Waals surface area contributed by atoms with Gasteiger partial charge in [-0.25, -0.2) is 0 Å². The fourth-order valence-electron chi connectivity index (χ4n) is 2.05. The fourth-order valence-corrected chi connectivity index (χ4v) is 2.05. The molecule has 0 aliphatic heterocycles. The smallest absolute Gasteiger partial charge is 0.0518 e. The molecule has 1 rings (SSSR count). The van der Waals surface area contributed by atoms with Crippen LogP contribution >= 0.6 is 0 Å². The van der Waals surface area contributed by atoms with Crippen molar-refractivity contribution in [2.24, 2.45) is 5.41 Å². The molecule has 17 heavy (non-hydrogen) atoms. The zero-order chi connectivity index (χ0) is 12.7. The third-order valence-electron chi connectivity index (χ3n) is 3.08. The van der Waals surface area contributed by atoms with Crippen molar-refractivity contribution < 1.29 is 0 Å². The van der Waals surface area contributed by atoms with Crippen molar-refractivity contribution in [2.45, 2.75) is 72.8 Å². The molecule has 2 nitrogen and oxygen atoms in total. The van der Waals surface area contributed by atoms with Gasteiger partial charge in [-0.1, -0.05) is 46.5 Å². The van der Waals surface area contributed by atoms with E-state index in [2.05, 4.69) is 43.7 Å².